The number of carbonyl (C=O) groups excluding carboxylic acids is 1. The second kappa shape index (κ2) is 14.6. The van der Waals surface area contributed by atoms with Gasteiger partial charge in [0.2, 0.25) is 0 Å². The predicted molar refractivity (Wildman–Crippen MR) is 182 cm³/mol. The van der Waals surface area contributed by atoms with Gasteiger partial charge in [-0.05, 0) is 41.3 Å². The van der Waals surface area contributed by atoms with Crippen LogP contribution in [0.1, 0.15) is 40.9 Å². The molecule has 0 bridgehead atoms. The van der Waals surface area contributed by atoms with Crippen LogP contribution in [0, 0.1) is 0 Å². The van der Waals surface area contributed by atoms with Gasteiger partial charge in [-0.3, -0.25) is 14.8 Å². The molecule has 0 N–H and O–H groups in total. The maximum Gasteiger partial charge on any atom is 0.417 e. The molecule has 260 valence electrons. The average Bonchev–Trinajstić information content (AvgIpc) is 3.59. The maximum atomic E-state index is 12.9. The molecule has 0 spiro atoms. The first kappa shape index (κ1) is 36.5. The molecule has 0 radical (unpaired) electrons. The Kier molecular flexibility index (Phi) is 10.7. The van der Waals surface area contributed by atoms with E-state index in [1.54, 1.807) is 53.3 Å². The van der Waals surface area contributed by atoms with E-state index in [2.05, 4.69) is 36.5 Å². The van der Waals surface area contributed by atoms with Gasteiger partial charge in [-0.15, -0.1) is 23.5 Å². The highest BCUT2D eigenvalue weighted by atomic mass is 32.2. The van der Waals surface area contributed by atoms with Crippen molar-refractivity contribution >= 4 is 58.2 Å². The number of rotatable bonds is 8. The van der Waals surface area contributed by atoms with Crippen molar-refractivity contribution in [2.45, 2.75) is 36.0 Å². The van der Waals surface area contributed by atoms with Crippen molar-refractivity contribution in [1.82, 2.24) is 39.0 Å². The van der Waals surface area contributed by atoms with Crippen molar-refractivity contribution in [3.05, 3.63) is 77.9 Å². The van der Waals surface area contributed by atoms with E-state index in [9.17, 15) is 31.1 Å². The third-order valence-corrected chi connectivity index (χ3v) is 9.04. The predicted octanol–water partition coefficient (Wildman–Crippen LogP) is 8.78. The lowest BCUT2D eigenvalue weighted by atomic mass is 10.2. The Morgan fingerprint density at radius 1 is 0.680 bits per heavy atom. The van der Waals surface area contributed by atoms with Gasteiger partial charge < -0.3 is 9.13 Å². The molecule has 0 amide bonds. The summed E-state index contributed by atoms with van der Waals surface area (Å²) in [5.74, 6) is 2.45. The summed E-state index contributed by atoms with van der Waals surface area (Å²) >= 11 is 3.07. The number of aldehydes is 1. The minimum atomic E-state index is -4.48. The minimum Gasteiger partial charge on any atom is -0.310 e. The van der Waals surface area contributed by atoms with Gasteiger partial charge in [-0.2, -0.15) is 26.3 Å². The highest BCUT2D eigenvalue weighted by molar-refractivity contribution is 7.99. The highest BCUT2D eigenvalue weighted by Crippen LogP contribution is 2.35. The Morgan fingerprint density at radius 2 is 1.10 bits per heavy atom. The number of imidazole rings is 2. The lowest BCUT2D eigenvalue weighted by molar-refractivity contribution is -0.138. The van der Waals surface area contributed by atoms with Crippen LogP contribution in [0.15, 0.2) is 65.4 Å². The van der Waals surface area contributed by atoms with E-state index in [1.165, 1.54) is 18.0 Å². The maximum absolute atomic E-state index is 12.9. The number of halogens is 6. The number of aromatic nitrogens is 8. The number of alkyl halides is 6. The van der Waals surface area contributed by atoms with Crippen molar-refractivity contribution in [1.29, 1.82) is 0 Å². The molecular formula is C33H28F6N8OS2. The molecule has 6 rings (SSSR count). The van der Waals surface area contributed by atoms with Gasteiger partial charge in [0.1, 0.15) is 22.4 Å². The van der Waals surface area contributed by atoms with E-state index >= 15 is 0 Å². The van der Waals surface area contributed by atoms with E-state index in [-0.39, 0.29) is 11.0 Å². The summed E-state index contributed by atoms with van der Waals surface area (Å²) in [5, 5.41) is 0. The molecule has 0 atom stereocenters. The van der Waals surface area contributed by atoms with E-state index in [0.717, 1.165) is 51.4 Å². The van der Waals surface area contributed by atoms with Crippen LogP contribution in [0.25, 0.3) is 51.4 Å². The number of fused-ring (bicyclic) bond motifs is 2. The molecule has 6 aromatic rings. The first-order chi connectivity index (χ1) is 23.7. The molecule has 9 nitrogen and oxygen atoms in total. The minimum absolute atomic E-state index is 0.140. The molecule has 0 fully saturated rings. The Balaban J connectivity index is 0.000000194. The van der Waals surface area contributed by atoms with Gasteiger partial charge in [0.25, 0.3) is 0 Å². The zero-order valence-corrected chi connectivity index (χ0v) is 28.6. The Bertz CT molecular complexity index is 2060. The van der Waals surface area contributed by atoms with Crippen LogP contribution in [0.5, 0.6) is 0 Å². The van der Waals surface area contributed by atoms with Crippen LogP contribution in [0.2, 0.25) is 0 Å². The fourth-order valence-electron chi connectivity index (χ4n) is 4.85. The van der Waals surface area contributed by atoms with Crippen LogP contribution in [0.3, 0.4) is 0 Å². The molecule has 6 aromatic heterocycles. The number of nitrogens with zero attached hydrogens (tertiary/aromatic N) is 8. The van der Waals surface area contributed by atoms with Gasteiger partial charge in [0, 0.05) is 54.2 Å². The Hall–Kier alpha value is -4.77. The first-order valence-corrected chi connectivity index (χ1v) is 16.8. The topological polar surface area (TPSA) is 104 Å². The lowest BCUT2D eigenvalue weighted by Gasteiger charge is -2.08. The van der Waals surface area contributed by atoms with E-state index < -0.39 is 23.5 Å². The number of pyridine rings is 4. The summed E-state index contributed by atoms with van der Waals surface area (Å²) in [6, 6.07) is 5.61. The molecule has 0 unspecified atom stereocenters. The van der Waals surface area contributed by atoms with Gasteiger partial charge in [-0.25, -0.2) is 19.9 Å². The summed E-state index contributed by atoms with van der Waals surface area (Å²) in [6.45, 7) is 7.70. The number of hydrogen-bond acceptors (Lipinski definition) is 9. The van der Waals surface area contributed by atoms with Crippen LogP contribution in [-0.2, 0) is 26.4 Å². The van der Waals surface area contributed by atoms with Gasteiger partial charge in [-0.1, -0.05) is 26.5 Å². The summed E-state index contributed by atoms with van der Waals surface area (Å²) in [5.41, 5.74) is 1.79. The third kappa shape index (κ3) is 7.52. The normalized spacial score (nSPS) is 11.9. The molecule has 0 aromatic carbocycles. The van der Waals surface area contributed by atoms with E-state index in [0.29, 0.717) is 46.2 Å². The summed E-state index contributed by atoms with van der Waals surface area (Å²) < 4.78 is 80.5. The van der Waals surface area contributed by atoms with Crippen LogP contribution >= 0.6 is 23.5 Å². The smallest absolute Gasteiger partial charge is 0.310 e. The van der Waals surface area contributed by atoms with Crippen molar-refractivity contribution in [3.8, 4) is 23.0 Å². The second-order valence-electron chi connectivity index (χ2n) is 10.5. The van der Waals surface area contributed by atoms with E-state index in [4.69, 9.17) is 0 Å². The number of thioether (sulfide) groups is 2. The Morgan fingerprint density at radius 3 is 1.48 bits per heavy atom. The Labute approximate surface area is 290 Å². The monoisotopic (exact) mass is 730 g/mol. The summed E-state index contributed by atoms with van der Waals surface area (Å²) in [4.78, 5) is 37.8. The van der Waals surface area contributed by atoms with Gasteiger partial charge >= 0.3 is 12.4 Å². The van der Waals surface area contributed by atoms with Crippen molar-refractivity contribution in [2.75, 3.05) is 11.5 Å². The summed E-state index contributed by atoms with van der Waals surface area (Å²) in [6.07, 6.45) is -1.85. The average molecular weight is 731 g/mol. The molecule has 0 saturated carbocycles. The SMILES string of the molecule is C=Cc1cnc(-c2nc3cc(C(F)(F)F)cnc3n2C)c(SCC)c1.CCSc1cc(C=O)cnc1-c1nc2cc(C(F)(F)F)cnc2n1C. The fraction of sp³-hybridized carbons (Fsp3) is 0.242. The molecule has 0 aliphatic heterocycles. The zero-order chi connectivity index (χ0) is 36.4. The number of carbonyl (C=O) groups is 1. The quantitative estimate of drug-likeness (QED) is 0.0864. The van der Waals surface area contributed by atoms with Crippen molar-refractivity contribution in [3.63, 3.8) is 0 Å². The second-order valence-corrected chi connectivity index (χ2v) is 13.1. The first-order valence-electron chi connectivity index (χ1n) is 14.8. The van der Waals surface area contributed by atoms with Crippen LogP contribution < -0.4 is 0 Å². The number of aryl methyl sites for hydroxylation is 2. The van der Waals surface area contributed by atoms with Gasteiger partial charge in [0.15, 0.2) is 29.2 Å². The zero-order valence-electron chi connectivity index (χ0n) is 27.0. The van der Waals surface area contributed by atoms with Crippen LogP contribution in [-0.4, -0.2) is 56.8 Å². The number of hydrogen-bond donors (Lipinski definition) is 0. The van der Waals surface area contributed by atoms with Crippen molar-refractivity contribution in [2.24, 2.45) is 14.1 Å². The van der Waals surface area contributed by atoms with Gasteiger partial charge in [0.05, 0.1) is 11.1 Å². The molecule has 0 aliphatic rings. The largest absolute Gasteiger partial charge is 0.417 e. The highest BCUT2D eigenvalue weighted by Gasteiger charge is 2.33. The fourth-order valence-corrected chi connectivity index (χ4v) is 6.47. The molecular weight excluding hydrogens is 703 g/mol. The standard InChI is InChI=1S/C17H15F3N4S.C16H13F3N4OS/c1-4-10-6-13(25-5-2)14(21-8-10)16-23-12-7-11(17(18,19)20)9-22-15(12)24(16)3;1-3-25-12-4-9(8-24)6-20-13(12)15-22-11-5-10(16(17,18)19)7-21-14(11)23(15)2/h4,6-9H,1,5H2,2-3H3;4-8H,3H2,1-2H3. The summed E-state index contributed by atoms with van der Waals surface area (Å²) in [7, 11) is 3.38. The third-order valence-electron chi connectivity index (χ3n) is 7.22. The van der Waals surface area contributed by atoms with E-state index in [1.807, 2.05) is 19.9 Å². The lowest BCUT2D eigenvalue weighted by Crippen LogP contribution is -2.05. The molecule has 50 heavy (non-hydrogen) atoms. The molecule has 0 saturated heterocycles. The molecule has 17 heteroatoms. The van der Waals surface area contributed by atoms with Crippen molar-refractivity contribution < 1.29 is 31.1 Å². The molecule has 0 aliphatic carbocycles. The van der Waals surface area contributed by atoms with Crippen LogP contribution in [0.4, 0.5) is 26.3 Å². The molecule has 6 heterocycles.